The number of aliphatic carboxylic acids is 1. The fourth-order valence-electron chi connectivity index (χ4n) is 0.287. The second-order valence-electron chi connectivity index (χ2n) is 5.28. The van der Waals surface area contributed by atoms with E-state index in [1.54, 1.807) is 27.7 Å². The number of carboxylic acid groups (broad SMARTS) is 1. The van der Waals surface area contributed by atoms with Gasteiger partial charge in [-0.2, -0.15) is 19.6 Å². The quantitative estimate of drug-likeness (QED) is 0.149. The first-order valence-corrected chi connectivity index (χ1v) is 7.82. The average Bonchev–Trinajstić information content (AvgIpc) is 3.46. The van der Waals surface area contributed by atoms with Crippen LogP contribution in [0.15, 0.2) is 36.6 Å². The number of carboxylic acids is 1. The summed E-state index contributed by atoms with van der Waals surface area (Å²) in [5, 5.41) is 23.8. The SMILES string of the molecule is CC(=O)O.CC1(O)OO1.CC1(O)OO1.C[c-]1oo1.C[c-]1oo1.C[c-]1oo1.C[c-]1oo1.[Cr+4].[Cr].[Cr]. The molecule has 4 aromatic heterocycles. The second kappa shape index (κ2) is 19.1. The molecule has 6 rings (SSSR count). The molecule has 194 valence electrons. The van der Waals surface area contributed by atoms with Gasteiger partial charge in [-0.1, -0.05) is 0 Å². The molecule has 19 heteroatoms. The van der Waals surface area contributed by atoms with Gasteiger partial charge in [0.1, 0.15) is 0 Å². The van der Waals surface area contributed by atoms with Gasteiger partial charge in [-0.3, -0.25) is 4.79 Å². The third-order valence-corrected chi connectivity index (χ3v) is 1.65. The molecular formula is C14H24Cr3O16. The summed E-state index contributed by atoms with van der Waals surface area (Å²) in [6, 6.07) is 0. The topological polar surface area (TPSA) is 233 Å². The van der Waals surface area contributed by atoms with Crippen LogP contribution in [0.2, 0.25) is 0 Å². The smallest absolute Gasteiger partial charge is 0.481 e. The van der Waals surface area contributed by atoms with Crippen LogP contribution in [0.3, 0.4) is 0 Å². The average molecular weight is 604 g/mol. The minimum Gasteiger partial charge on any atom is -0.481 e. The number of hydrogen-bond donors (Lipinski definition) is 3. The molecule has 2 fully saturated rings. The Kier molecular flexibility index (Phi) is 22.5. The molecule has 0 radical (unpaired) electrons. The predicted octanol–water partition coefficient (Wildman–Crippen LogP) is 2.91. The summed E-state index contributed by atoms with van der Waals surface area (Å²) < 4.78 is 33.0. The van der Waals surface area contributed by atoms with E-state index in [0.29, 0.717) is 23.8 Å². The standard InChI is InChI=1S/2C2H4O3.4C2H3O2.C2H4O2.3Cr/c2*1-2(3)4-5-2;4*1-2-3-4-2;1-2(3)4;;;/h2*3H,1H3;4*1H3;1H3,(H,3,4);;;/q;;4*-1;;;;+4. The summed E-state index contributed by atoms with van der Waals surface area (Å²) >= 11 is 0. The van der Waals surface area contributed by atoms with Gasteiger partial charge in [0.2, 0.25) is 0 Å². The van der Waals surface area contributed by atoms with Crippen LogP contribution in [0.5, 0.6) is 0 Å². The molecule has 33 heavy (non-hydrogen) atoms. The van der Waals surface area contributed by atoms with Crippen LogP contribution >= 0.6 is 0 Å². The van der Waals surface area contributed by atoms with E-state index in [1.165, 1.54) is 13.8 Å². The molecule has 0 aliphatic carbocycles. The first kappa shape index (κ1) is 38.9. The van der Waals surface area contributed by atoms with Crippen LogP contribution in [0.1, 0.15) is 44.6 Å². The maximum Gasteiger partial charge on any atom is 4.00 e. The molecule has 6 heterocycles. The van der Waals surface area contributed by atoms with Crippen molar-refractivity contribution in [3.05, 3.63) is 23.8 Å². The van der Waals surface area contributed by atoms with E-state index in [1.807, 2.05) is 0 Å². The van der Waals surface area contributed by atoms with Crippen LogP contribution in [-0.4, -0.2) is 33.2 Å². The van der Waals surface area contributed by atoms with Crippen molar-refractivity contribution in [3.8, 4) is 0 Å². The normalized spacial score (nSPS) is 14.3. The van der Waals surface area contributed by atoms with Gasteiger partial charge in [0.25, 0.3) is 5.97 Å². The van der Waals surface area contributed by atoms with E-state index in [4.69, 9.17) is 20.1 Å². The molecule has 0 amide bonds. The molecule has 0 unspecified atom stereocenters. The molecule has 2 aliphatic rings. The van der Waals surface area contributed by atoms with E-state index in [2.05, 4.69) is 56.2 Å². The van der Waals surface area contributed by atoms with Gasteiger partial charge in [0.15, 0.2) is 0 Å². The van der Waals surface area contributed by atoms with E-state index in [-0.39, 0.29) is 52.1 Å². The van der Waals surface area contributed by atoms with Gasteiger partial charge in [-0.15, -0.1) is 27.7 Å². The van der Waals surface area contributed by atoms with Crippen LogP contribution in [0, 0.1) is 27.7 Å². The minimum atomic E-state index is -1.25. The zero-order chi connectivity index (χ0) is 23.4. The second-order valence-corrected chi connectivity index (χ2v) is 5.28. The molecule has 4 aromatic rings. The molecule has 3 N–H and O–H groups in total. The Morgan fingerprint density at radius 1 is 0.606 bits per heavy atom. The van der Waals surface area contributed by atoms with Crippen LogP contribution in [0.4, 0.5) is 0 Å². The molecule has 0 saturated carbocycles. The molecular weight excluding hydrogens is 580 g/mol. The van der Waals surface area contributed by atoms with Crippen LogP contribution in [-0.2, 0) is 76.4 Å². The Labute approximate surface area is 218 Å². The molecule has 0 aromatic carbocycles. The summed E-state index contributed by atoms with van der Waals surface area (Å²) in [4.78, 5) is 24.8. The summed E-state index contributed by atoms with van der Waals surface area (Å²) in [7, 11) is 0. The largest absolute Gasteiger partial charge is 4.00 e. The van der Waals surface area contributed by atoms with Gasteiger partial charge in [0, 0.05) is 79.3 Å². The van der Waals surface area contributed by atoms with Gasteiger partial charge in [0.05, 0.1) is 0 Å². The van der Waals surface area contributed by atoms with E-state index in [9.17, 15) is 0 Å². The van der Waals surface area contributed by atoms with E-state index < -0.39 is 17.9 Å². The zero-order valence-electron chi connectivity index (χ0n) is 18.4. The van der Waals surface area contributed by atoms with Crippen molar-refractivity contribution in [2.75, 3.05) is 0 Å². The fourth-order valence-corrected chi connectivity index (χ4v) is 0.287. The van der Waals surface area contributed by atoms with Gasteiger partial charge in [-0.05, 0) is 0 Å². The molecule has 2 aliphatic heterocycles. The minimum absolute atomic E-state index is 0. The first-order valence-electron chi connectivity index (χ1n) is 7.82. The van der Waals surface area contributed by atoms with E-state index >= 15 is 0 Å². The number of carbonyl (C=O) groups is 1. The van der Waals surface area contributed by atoms with Crippen LogP contribution in [0.25, 0.3) is 0 Å². The maximum atomic E-state index is 9.00. The molecule has 0 spiro atoms. The monoisotopic (exact) mass is 604 g/mol. The fraction of sp³-hybridized carbons (Fsp3) is 0.643. The summed E-state index contributed by atoms with van der Waals surface area (Å²) in [6.07, 6.45) is 0. The first-order chi connectivity index (χ1) is 13.7. The number of rotatable bonds is 0. The Morgan fingerprint density at radius 2 is 0.667 bits per heavy atom. The molecule has 0 bridgehead atoms. The number of hydrogen-bond acceptors (Lipinski definition) is 15. The summed E-state index contributed by atoms with van der Waals surface area (Å²) in [5.41, 5.74) is 0. The third-order valence-electron chi connectivity index (χ3n) is 1.65. The number of aryl methyl sites for hydroxylation is 4. The zero-order valence-corrected chi connectivity index (χ0v) is 22.2. The Bertz CT molecular complexity index is 639. The van der Waals surface area contributed by atoms with E-state index in [0.717, 1.165) is 6.92 Å². The Morgan fingerprint density at radius 3 is 0.667 bits per heavy atom. The van der Waals surface area contributed by atoms with Crippen LogP contribution < -0.4 is 0 Å². The Balaban J connectivity index is -0.000000147. The van der Waals surface area contributed by atoms with Crippen molar-refractivity contribution in [2.45, 2.75) is 60.4 Å². The number of aliphatic hydroxyl groups is 2. The van der Waals surface area contributed by atoms with Crippen molar-refractivity contribution in [3.63, 3.8) is 0 Å². The summed E-state index contributed by atoms with van der Waals surface area (Å²) in [6.45, 7) is 10.9. The van der Waals surface area contributed by atoms with Gasteiger partial charge < -0.3 is 51.9 Å². The van der Waals surface area contributed by atoms with Crippen molar-refractivity contribution in [1.82, 2.24) is 0 Å². The van der Waals surface area contributed by atoms with Crippen molar-refractivity contribution in [1.29, 1.82) is 0 Å². The van der Waals surface area contributed by atoms with Crippen molar-refractivity contribution in [2.24, 2.45) is 0 Å². The Hall–Kier alpha value is -1.29. The van der Waals surface area contributed by atoms with Gasteiger partial charge in [-0.25, -0.2) is 0 Å². The van der Waals surface area contributed by atoms with Crippen molar-refractivity contribution < 1.29 is 128 Å². The molecule has 2 saturated heterocycles. The molecule has 16 nitrogen and oxygen atoms in total. The van der Waals surface area contributed by atoms with Crippen molar-refractivity contribution >= 4 is 5.97 Å². The van der Waals surface area contributed by atoms with Gasteiger partial charge >= 0.3 is 29.3 Å². The summed E-state index contributed by atoms with van der Waals surface area (Å²) in [5.74, 6) is -0.667. The predicted molar refractivity (Wildman–Crippen MR) is 84.1 cm³/mol. The molecule has 0 atom stereocenters. The third kappa shape index (κ3) is 59.0. The maximum absolute atomic E-state index is 9.00.